The summed E-state index contributed by atoms with van der Waals surface area (Å²) in [6, 6.07) is 10.2. The highest BCUT2D eigenvalue weighted by molar-refractivity contribution is 7.99. The summed E-state index contributed by atoms with van der Waals surface area (Å²) in [4.78, 5) is 4.53. The van der Waals surface area contributed by atoms with Gasteiger partial charge in [-0.05, 0) is 13.0 Å². The maximum atomic E-state index is 10.4. The predicted molar refractivity (Wildman–Crippen MR) is 123 cm³/mol. The number of hydrogen-bond acceptors (Lipinski definition) is 7. The van der Waals surface area contributed by atoms with E-state index >= 15 is 0 Å². The predicted octanol–water partition coefficient (Wildman–Crippen LogP) is 3.12. The second kappa shape index (κ2) is 12.0. The maximum absolute atomic E-state index is 10.4. The number of aliphatic hydroxyl groups is 1. The maximum Gasteiger partial charge on any atom is 0.232 e. The van der Waals surface area contributed by atoms with Crippen LogP contribution in [0.2, 0.25) is 0 Å². The summed E-state index contributed by atoms with van der Waals surface area (Å²) in [5.74, 6) is 5.46. The number of benzene rings is 1. The lowest BCUT2D eigenvalue weighted by Gasteiger charge is -2.28. The molecule has 0 amide bonds. The van der Waals surface area contributed by atoms with Crippen LogP contribution in [-0.2, 0) is 11.3 Å². The average Bonchev–Trinajstić information content (AvgIpc) is 3.19. The van der Waals surface area contributed by atoms with Crippen molar-refractivity contribution in [3.8, 4) is 23.6 Å². The minimum Gasteiger partial charge on any atom is -0.389 e. The first-order valence-electron chi connectivity index (χ1n) is 10.5. The molecule has 1 aromatic heterocycles. The molecule has 1 aromatic carbocycles. The van der Waals surface area contributed by atoms with Crippen LogP contribution in [0.5, 0.6) is 0 Å². The van der Waals surface area contributed by atoms with Gasteiger partial charge in [0.1, 0.15) is 12.3 Å². The Hall–Kier alpha value is -1.98. The van der Waals surface area contributed by atoms with Gasteiger partial charge >= 0.3 is 0 Å². The Kier molecular flexibility index (Phi) is 9.09. The molecule has 6 nitrogen and oxygen atoms in total. The Morgan fingerprint density at radius 2 is 2.10 bits per heavy atom. The first kappa shape index (κ1) is 22.7. The lowest BCUT2D eigenvalue weighted by Crippen LogP contribution is -2.36. The normalized spacial score (nSPS) is 15.3. The topological polar surface area (TPSA) is 62.0 Å². The van der Waals surface area contributed by atoms with Crippen LogP contribution >= 0.6 is 11.8 Å². The minimum absolute atomic E-state index is 0.214. The van der Waals surface area contributed by atoms with Crippen molar-refractivity contribution in [2.45, 2.75) is 26.0 Å². The van der Waals surface area contributed by atoms with E-state index in [0.717, 1.165) is 60.3 Å². The number of terminal acetylenes is 1. The number of thioether (sulfide) groups is 1. The Bertz CT molecular complexity index is 800. The summed E-state index contributed by atoms with van der Waals surface area (Å²) in [6.07, 6.45) is 5.61. The van der Waals surface area contributed by atoms with Crippen molar-refractivity contribution >= 4 is 17.6 Å². The number of aromatic nitrogens is 1. The van der Waals surface area contributed by atoms with E-state index in [1.807, 2.05) is 30.0 Å². The molecule has 1 atom stereocenters. The molecule has 0 radical (unpaired) electrons. The summed E-state index contributed by atoms with van der Waals surface area (Å²) in [7, 11) is 0. The molecule has 2 aromatic rings. The molecule has 1 fully saturated rings. The molecule has 30 heavy (non-hydrogen) atoms. The third-order valence-corrected chi connectivity index (χ3v) is 5.94. The smallest absolute Gasteiger partial charge is 0.232 e. The zero-order valence-electron chi connectivity index (χ0n) is 17.6. The lowest BCUT2D eigenvalue weighted by atomic mass is 10.1. The number of ether oxygens (including phenoxy) is 1. The van der Waals surface area contributed by atoms with E-state index in [0.29, 0.717) is 13.1 Å². The molecule has 3 rings (SSSR count). The monoisotopic (exact) mass is 429 g/mol. The Morgan fingerprint density at radius 3 is 2.80 bits per heavy atom. The van der Waals surface area contributed by atoms with Crippen LogP contribution in [0.1, 0.15) is 18.9 Å². The number of aliphatic hydroxyl groups excluding tert-OH is 1. The van der Waals surface area contributed by atoms with Crippen LogP contribution in [-0.4, -0.2) is 72.2 Å². The van der Waals surface area contributed by atoms with Crippen molar-refractivity contribution in [2.24, 2.45) is 0 Å². The van der Waals surface area contributed by atoms with Gasteiger partial charge in [0.15, 0.2) is 0 Å². The number of hydrogen-bond donors (Lipinski definition) is 1. The molecule has 0 aliphatic carbocycles. The minimum atomic E-state index is -0.597. The van der Waals surface area contributed by atoms with Gasteiger partial charge in [-0.25, -0.2) is 0 Å². The Balaban J connectivity index is 1.83. The SMILES string of the molecule is C#CCOC[C@H](O)CN(CCC)Cc1c(-c2ccccc2)noc1N1CCSCC1. The van der Waals surface area contributed by atoms with Crippen LogP contribution in [0, 0.1) is 12.3 Å². The highest BCUT2D eigenvalue weighted by atomic mass is 32.2. The summed E-state index contributed by atoms with van der Waals surface area (Å²) < 4.78 is 11.2. The first-order chi connectivity index (χ1) is 14.7. The molecule has 2 heterocycles. The average molecular weight is 430 g/mol. The largest absolute Gasteiger partial charge is 0.389 e. The van der Waals surface area contributed by atoms with Gasteiger partial charge in [-0.1, -0.05) is 48.3 Å². The third-order valence-electron chi connectivity index (χ3n) is 5.00. The van der Waals surface area contributed by atoms with Crippen molar-refractivity contribution in [1.29, 1.82) is 0 Å². The molecule has 0 bridgehead atoms. The van der Waals surface area contributed by atoms with Gasteiger partial charge in [-0.3, -0.25) is 4.90 Å². The molecule has 1 N–H and O–H groups in total. The summed E-state index contributed by atoms with van der Waals surface area (Å²) in [6.45, 7) is 6.53. The second-order valence-corrected chi connectivity index (χ2v) is 8.61. The summed E-state index contributed by atoms with van der Waals surface area (Å²) in [5.41, 5.74) is 3.00. The number of nitrogens with zero attached hydrogens (tertiary/aromatic N) is 3. The van der Waals surface area contributed by atoms with Crippen molar-refractivity contribution in [2.75, 3.05) is 55.8 Å². The van der Waals surface area contributed by atoms with E-state index in [9.17, 15) is 5.11 Å². The molecule has 0 spiro atoms. The quantitative estimate of drug-likeness (QED) is 0.435. The first-order valence-corrected chi connectivity index (χ1v) is 11.7. The molecule has 1 aliphatic heterocycles. The van der Waals surface area contributed by atoms with Crippen molar-refractivity contribution in [1.82, 2.24) is 10.1 Å². The van der Waals surface area contributed by atoms with E-state index in [1.54, 1.807) is 0 Å². The zero-order valence-corrected chi connectivity index (χ0v) is 18.4. The Morgan fingerprint density at radius 1 is 1.33 bits per heavy atom. The fraction of sp³-hybridized carbons (Fsp3) is 0.522. The fourth-order valence-corrected chi connectivity index (χ4v) is 4.56. The molecule has 162 valence electrons. The third kappa shape index (κ3) is 6.26. The van der Waals surface area contributed by atoms with Gasteiger partial charge in [-0.2, -0.15) is 11.8 Å². The fourth-order valence-electron chi connectivity index (χ4n) is 3.66. The van der Waals surface area contributed by atoms with Gasteiger partial charge in [0.05, 0.1) is 18.3 Å². The summed E-state index contributed by atoms with van der Waals surface area (Å²) >= 11 is 1.97. The van der Waals surface area contributed by atoms with Gasteiger partial charge in [-0.15, -0.1) is 6.42 Å². The molecule has 0 unspecified atom stereocenters. The van der Waals surface area contributed by atoms with E-state index in [4.69, 9.17) is 15.7 Å². The molecule has 1 saturated heterocycles. The molecular weight excluding hydrogens is 398 g/mol. The van der Waals surface area contributed by atoms with Crippen LogP contribution in [0.3, 0.4) is 0 Å². The van der Waals surface area contributed by atoms with Crippen molar-refractivity contribution < 1.29 is 14.4 Å². The number of anilines is 1. The van der Waals surface area contributed by atoms with Crippen molar-refractivity contribution in [3.63, 3.8) is 0 Å². The van der Waals surface area contributed by atoms with Gasteiger partial charge < -0.3 is 19.3 Å². The molecule has 0 saturated carbocycles. The van der Waals surface area contributed by atoms with E-state index in [2.05, 4.69) is 39.9 Å². The van der Waals surface area contributed by atoms with Crippen LogP contribution in [0.4, 0.5) is 5.88 Å². The molecule has 7 heteroatoms. The van der Waals surface area contributed by atoms with E-state index in [1.165, 1.54) is 0 Å². The zero-order chi connectivity index (χ0) is 21.2. The van der Waals surface area contributed by atoms with Crippen LogP contribution in [0.15, 0.2) is 34.9 Å². The number of rotatable bonds is 11. The van der Waals surface area contributed by atoms with Gasteiger partial charge in [0, 0.05) is 43.2 Å². The van der Waals surface area contributed by atoms with Crippen molar-refractivity contribution in [3.05, 3.63) is 35.9 Å². The van der Waals surface area contributed by atoms with Gasteiger partial charge in [0.25, 0.3) is 0 Å². The molecular formula is C23H31N3O3S. The van der Waals surface area contributed by atoms with Gasteiger partial charge in [0.2, 0.25) is 5.88 Å². The highest BCUT2D eigenvalue weighted by Gasteiger charge is 2.26. The summed E-state index contributed by atoms with van der Waals surface area (Å²) in [5, 5.41) is 14.9. The van der Waals surface area contributed by atoms with Crippen LogP contribution < -0.4 is 4.90 Å². The molecule has 1 aliphatic rings. The van der Waals surface area contributed by atoms with E-state index < -0.39 is 6.10 Å². The van der Waals surface area contributed by atoms with Crippen LogP contribution in [0.25, 0.3) is 11.3 Å². The second-order valence-electron chi connectivity index (χ2n) is 7.39. The highest BCUT2D eigenvalue weighted by Crippen LogP contribution is 2.33. The lowest BCUT2D eigenvalue weighted by molar-refractivity contribution is 0.0261. The van der Waals surface area contributed by atoms with E-state index in [-0.39, 0.29) is 13.2 Å². The standard InChI is InChI=1S/C23H31N3O3S/c1-3-10-25(16-20(27)18-28-13-4-2)17-21-22(19-8-6-5-7-9-19)24-29-23(21)26-11-14-30-15-12-26/h2,5-9,20,27H,3,10-18H2,1H3/t20-/m1/s1. The Labute approximate surface area is 183 Å².